The van der Waals surface area contributed by atoms with Gasteiger partial charge in [-0.2, -0.15) is 13.2 Å². The van der Waals surface area contributed by atoms with Crippen molar-refractivity contribution in [2.45, 2.75) is 18.6 Å². The van der Waals surface area contributed by atoms with Gasteiger partial charge in [-0.25, -0.2) is 0 Å². The largest absolute Gasteiger partial charge is 0.390 e. The summed E-state index contributed by atoms with van der Waals surface area (Å²) in [6.07, 6.45) is -5.33. The predicted molar refractivity (Wildman–Crippen MR) is 64.3 cm³/mol. The molecule has 3 nitrogen and oxygen atoms in total. The van der Waals surface area contributed by atoms with E-state index in [4.69, 9.17) is 5.73 Å². The van der Waals surface area contributed by atoms with Crippen LogP contribution in [0, 0.1) is 0 Å². The van der Waals surface area contributed by atoms with Crippen LogP contribution < -0.4 is 11.1 Å². The first kappa shape index (κ1) is 16.7. The number of amides is 1. The minimum atomic E-state index is -4.27. The highest BCUT2D eigenvalue weighted by atomic mass is 35.5. The summed E-state index contributed by atoms with van der Waals surface area (Å²) in [6.45, 7) is -0.455. The summed E-state index contributed by atoms with van der Waals surface area (Å²) in [4.78, 5) is 11.4. The van der Waals surface area contributed by atoms with Gasteiger partial charge in [-0.15, -0.1) is 12.4 Å². The molecular formula is C11H14ClF3N2O. The molecule has 0 aliphatic heterocycles. The molecule has 7 heteroatoms. The molecule has 0 fully saturated rings. The number of benzene rings is 1. The second-order valence-corrected chi connectivity index (χ2v) is 3.54. The summed E-state index contributed by atoms with van der Waals surface area (Å²) in [5, 5.41) is 2.15. The molecule has 102 valence electrons. The van der Waals surface area contributed by atoms with Crippen molar-refractivity contribution < 1.29 is 18.0 Å². The highest BCUT2D eigenvalue weighted by Gasteiger charge is 2.27. The van der Waals surface area contributed by atoms with E-state index in [1.165, 1.54) is 0 Å². The maximum absolute atomic E-state index is 11.8. The van der Waals surface area contributed by atoms with E-state index in [1.807, 2.05) is 0 Å². The third-order valence-electron chi connectivity index (χ3n) is 2.15. The fraction of sp³-hybridized carbons (Fsp3) is 0.364. The topological polar surface area (TPSA) is 55.1 Å². The number of hydrogen-bond donors (Lipinski definition) is 2. The van der Waals surface area contributed by atoms with Gasteiger partial charge >= 0.3 is 6.18 Å². The lowest BCUT2D eigenvalue weighted by Crippen LogP contribution is -2.35. The van der Waals surface area contributed by atoms with Crippen LogP contribution in [0.25, 0.3) is 0 Å². The summed E-state index contributed by atoms with van der Waals surface area (Å²) < 4.78 is 35.5. The smallest absolute Gasteiger partial charge is 0.354 e. The molecule has 1 amide bonds. The van der Waals surface area contributed by atoms with Gasteiger partial charge in [-0.1, -0.05) is 30.3 Å². The second kappa shape index (κ2) is 7.23. The van der Waals surface area contributed by atoms with Crippen LogP contribution in [-0.4, -0.2) is 18.6 Å². The lowest BCUT2D eigenvalue weighted by atomic mass is 10.1. The standard InChI is InChI=1S/C11H13F3N2O.ClH/c12-11(13,14)6-7-16-10(17)9(15)8-4-2-1-3-5-8;/h1-5,9H,6-7,15H2,(H,16,17);1H. The van der Waals surface area contributed by atoms with Crippen LogP contribution in [0.4, 0.5) is 13.2 Å². The Labute approximate surface area is 109 Å². The van der Waals surface area contributed by atoms with Crippen LogP contribution >= 0.6 is 12.4 Å². The van der Waals surface area contributed by atoms with Crippen molar-refractivity contribution in [3.05, 3.63) is 35.9 Å². The molecule has 0 radical (unpaired) electrons. The fourth-order valence-electron chi connectivity index (χ4n) is 1.25. The number of carbonyl (C=O) groups is 1. The van der Waals surface area contributed by atoms with Gasteiger partial charge in [-0.05, 0) is 5.56 Å². The summed E-state index contributed by atoms with van der Waals surface area (Å²) >= 11 is 0. The van der Waals surface area contributed by atoms with Crippen molar-refractivity contribution in [3.63, 3.8) is 0 Å². The molecule has 0 bridgehead atoms. The Hall–Kier alpha value is -1.27. The normalized spacial score (nSPS) is 12.4. The Balaban J connectivity index is 0.00000289. The minimum Gasteiger partial charge on any atom is -0.354 e. The van der Waals surface area contributed by atoms with Gasteiger partial charge in [0.05, 0.1) is 6.42 Å². The molecule has 0 saturated heterocycles. The molecule has 1 aromatic carbocycles. The lowest BCUT2D eigenvalue weighted by Gasteiger charge is -2.13. The summed E-state index contributed by atoms with van der Waals surface area (Å²) in [7, 11) is 0. The Bertz CT molecular complexity index is 370. The van der Waals surface area contributed by atoms with Crippen molar-refractivity contribution in [2.75, 3.05) is 6.54 Å². The third kappa shape index (κ3) is 5.88. The molecule has 0 aliphatic carbocycles. The Kier molecular flexibility index (Phi) is 6.72. The Morgan fingerprint density at radius 1 is 1.28 bits per heavy atom. The molecule has 0 spiro atoms. The zero-order valence-corrected chi connectivity index (χ0v) is 10.2. The van der Waals surface area contributed by atoms with E-state index < -0.39 is 31.1 Å². The fourth-order valence-corrected chi connectivity index (χ4v) is 1.25. The molecule has 3 N–H and O–H groups in total. The minimum absolute atomic E-state index is 0. The maximum Gasteiger partial charge on any atom is 0.390 e. The first-order valence-corrected chi connectivity index (χ1v) is 5.05. The van der Waals surface area contributed by atoms with Gasteiger partial charge in [0, 0.05) is 6.54 Å². The lowest BCUT2D eigenvalue weighted by molar-refractivity contribution is -0.135. The van der Waals surface area contributed by atoms with Crippen molar-refractivity contribution in [3.8, 4) is 0 Å². The van der Waals surface area contributed by atoms with E-state index in [-0.39, 0.29) is 12.4 Å². The summed E-state index contributed by atoms with van der Waals surface area (Å²) in [5.41, 5.74) is 6.16. The highest BCUT2D eigenvalue weighted by molar-refractivity contribution is 5.85. The predicted octanol–water partition coefficient (Wildman–Crippen LogP) is 2.18. The summed E-state index contributed by atoms with van der Waals surface area (Å²) in [6, 6.07) is 7.53. The molecule has 1 atom stereocenters. The van der Waals surface area contributed by atoms with E-state index in [2.05, 4.69) is 5.32 Å². The van der Waals surface area contributed by atoms with Crippen LogP contribution in [0.5, 0.6) is 0 Å². The van der Waals surface area contributed by atoms with E-state index in [1.54, 1.807) is 30.3 Å². The van der Waals surface area contributed by atoms with Gasteiger partial charge < -0.3 is 11.1 Å². The maximum atomic E-state index is 11.8. The Morgan fingerprint density at radius 2 is 1.83 bits per heavy atom. The molecule has 1 rings (SSSR count). The van der Waals surface area contributed by atoms with Crippen molar-refractivity contribution in [1.82, 2.24) is 5.32 Å². The van der Waals surface area contributed by atoms with Gasteiger partial charge in [0.2, 0.25) is 5.91 Å². The van der Waals surface area contributed by atoms with Gasteiger partial charge in [0.15, 0.2) is 0 Å². The zero-order valence-electron chi connectivity index (χ0n) is 9.41. The molecular weight excluding hydrogens is 269 g/mol. The molecule has 0 saturated carbocycles. The molecule has 18 heavy (non-hydrogen) atoms. The number of rotatable bonds is 4. The number of halogens is 4. The van der Waals surface area contributed by atoms with Crippen molar-refractivity contribution >= 4 is 18.3 Å². The van der Waals surface area contributed by atoms with E-state index in [0.29, 0.717) is 5.56 Å². The average Bonchev–Trinajstić information content (AvgIpc) is 2.27. The molecule has 0 heterocycles. The van der Waals surface area contributed by atoms with E-state index in [9.17, 15) is 18.0 Å². The second-order valence-electron chi connectivity index (χ2n) is 3.54. The first-order chi connectivity index (χ1) is 7.90. The Morgan fingerprint density at radius 3 is 2.33 bits per heavy atom. The average molecular weight is 283 g/mol. The SMILES string of the molecule is Cl.NC(C(=O)NCCC(F)(F)F)c1ccccc1. The van der Waals surface area contributed by atoms with Crippen molar-refractivity contribution in [1.29, 1.82) is 0 Å². The van der Waals surface area contributed by atoms with Crippen LogP contribution in [-0.2, 0) is 4.79 Å². The van der Waals surface area contributed by atoms with Gasteiger partial charge in [0.25, 0.3) is 0 Å². The van der Waals surface area contributed by atoms with Gasteiger partial charge in [-0.3, -0.25) is 4.79 Å². The molecule has 0 aliphatic rings. The van der Waals surface area contributed by atoms with Crippen LogP contribution in [0.2, 0.25) is 0 Å². The van der Waals surface area contributed by atoms with E-state index in [0.717, 1.165) is 0 Å². The quantitative estimate of drug-likeness (QED) is 0.889. The number of nitrogens with two attached hydrogens (primary N) is 1. The van der Waals surface area contributed by atoms with Gasteiger partial charge in [0.1, 0.15) is 6.04 Å². The van der Waals surface area contributed by atoms with Crippen LogP contribution in [0.1, 0.15) is 18.0 Å². The third-order valence-corrected chi connectivity index (χ3v) is 2.15. The monoisotopic (exact) mass is 282 g/mol. The number of alkyl halides is 3. The van der Waals surface area contributed by atoms with Crippen LogP contribution in [0.3, 0.4) is 0 Å². The highest BCUT2D eigenvalue weighted by Crippen LogP contribution is 2.18. The molecule has 1 aromatic rings. The van der Waals surface area contributed by atoms with Crippen LogP contribution in [0.15, 0.2) is 30.3 Å². The molecule has 0 aromatic heterocycles. The zero-order chi connectivity index (χ0) is 12.9. The number of carbonyl (C=O) groups excluding carboxylic acids is 1. The first-order valence-electron chi connectivity index (χ1n) is 5.05. The summed E-state index contributed by atoms with van der Waals surface area (Å²) in [5.74, 6) is -0.611. The van der Waals surface area contributed by atoms with Crippen molar-refractivity contribution in [2.24, 2.45) is 5.73 Å². The van der Waals surface area contributed by atoms with E-state index >= 15 is 0 Å². The number of hydrogen-bond acceptors (Lipinski definition) is 2. The number of nitrogens with one attached hydrogen (secondary N) is 1. The molecule has 1 unspecified atom stereocenters.